The van der Waals surface area contributed by atoms with Crippen LogP contribution in [0.1, 0.15) is 23.4 Å². The Morgan fingerprint density at radius 1 is 1.38 bits per heavy atom. The Hall–Kier alpha value is -2.14. The number of hydrogen-bond donors (Lipinski definition) is 1. The molecular formula is C16H17NO4. The fraction of sp³-hybridized carbons (Fsp3) is 0.375. The molecule has 1 unspecified atom stereocenters. The lowest BCUT2D eigenvalue weighted by Crippen LogP contribution is -2.29. The van der Waals surface area contributed by atoms with Gasteiger partial charge in [-0.05, 0) is 30.9 Å². The van der Waals surface area contributed by atoms with Crippen LogP contribution in [0.4, 0.5) is 0 Å². The van der Waals surface area contributed by atoms with Gasteiger partial charge >= 0.3 is 0 Å². The molecule has 0 spiro atoms. The zero-order valence-corrected chi connectivity index (χ0v) is 11.6. The van der Waals surface area contributed by atoms with Crippen LogP contribution in [0.15, 0.2) is 39.5 Å². The number of aliphatic hydroxyl groups excluding tert-OH is 1. The molecule has 5 nitrogen and oxygen atoms in total. The van der Waals surface area contributed by atoms with Crippen molar-refractivity contribution in [2.24, 2.45) is 5.92 Å². The van der Waals surface area contributed by atoms with Crippen molar-refractivity contribution in [3.05, 3.63) is 46.3 Å². The number of rotatable bonds is 3. The minimum absolute atomic E-state index is 0.0864. The summed E-state index contributed by atoms with van der Waals surface area (Å²) < 4.78 is 5.57. The van der Waals surface area contributed by atoms with Gasteiger partial charge in [0.15, 0.2) is 11.2 Å². The van der Waals surface area contributed by atoms with E-state index in [1.165, 1.54) is 6.07 Å². The highest BCUT2D eigenvalue weighted by Gasteiger charge is 2.28. The number of nitrogens with zero attached hydrogens (tertiary/aromatic N) is 1. The summed E-state index contributed by atoms with van der Waals surface area (Å²) in [5.74, 6) is 0.160. The molecule has 2 aromatic rings. The Morgan fingerprint density at radius 2 is 2.19 bits per heavy atom. The smallest absolute Gasteiger partial charge is 0.289 e. The first-order valence-corrected chi connectivity index (χ1v) is 7.12. The second-order valence-corrected chi connectivity index (χ2v) is 5.39. The van der Waals surface area contributed by atoms with Crippen LogP contribution in [0.3, 0.4) is 0 Å². The Bertz CT molecular complexity index is 722. The monoisotopic (exact) mass is 287 g/mol. The lowest BCUT2D eigenvalue weighted by atomic mass is 10.1. The maximum atomic E-state index is 12.4. The van der Waals surface area contributed by atoms with Gasteiger partial charge in [0.2, 0.25) is 0 Å². The Balaban J connectivity index is 1.87. The van der Waals surface area contributed by atoms with Crippen LogP contribution < -0.4 is 5.43 Å². The predicted octanol–water partition coefficient (Wildman–Crippen LogP) is 1.64. The Labute approximate surface area is 121 Å². The standard InChI is InChI=1S/C16H17NO4/c18-8-6-11-5-7-17(10-11)16(20)15-9-13(19)12-3-1-2-4-14(12)21-15/h1-4,9,11,18H,5-8,10H2. The van der Waals surface area contributed by atoms with E-state index in [1.807, 2.05) is 0 Å². The lowest BCUT2D eigenvalue weighted by molar-refractivity contribution is 0.0753. The van der Waals surface area contributed by atoms with Crippen LogP contribution in [-0.4, -0.2) is 35.6 Å². The molecule has 1 saturated heterocycles. The number of hydrogen-bond acceptors (Lipinski definition) is 4. The van der Waals surface area contributed by atoms with Crippen molar-refractivity contribution in [3.63, 3.8) is 0 Å². The van der Waals surface area contributed by atoms with Crippen molar-refractivity contribution < 1.29 is 14.3 Å². The van der Waals surface area contributed by atoms with E-state index in [4.69, 9.17) is 9.52 Å². The molecule has 1 fully saturated rings. The molecule has 1 aromatic carbocycles. The molecule has 3 rings (SSSR count). The fourth-order valence-electron chi connectivity index (χ4n) is 2.80. The molecule has 2 heterocycles. The van der Waals surface area contributed by atoms with Crippen molar-refractivity contribution in [1.82, 2.24) is 4.90 Å². The molecular weight excluding hydrogens is 270 g/mol. The number of fused-ring (bicyclic) bond motifs is 1. The molecule has 1 aromatic heterocycles. The van der Waals surface area contributed by atoms with Gasteiger partial charge in [0.05, 0.1) is 5.39 Å². The summed E-state index contributed by atoms with van der Waals surface area (Å²) in [5.41, 5.74) is 0.228. The Morgan fingerprint density at radius 3 is 3.00 bits per heavy atom. The largest absolute Gasteiger partial charge is 0.451 e. The maximum Gasteiger partial charge on any atom is 0.289 e. The first kappa shape index (κ1) is 13.8. The first-order chi connectivity index (χ1) is 10.2. The lowest BCUT2D eigenvalue weighted by Gasteiger charge is -2.15. The van der Waals surface area contributed by atoms with E-state index in [0.717, 1.165) is 6.42 Å². The quantitative estimate of drug-likeness (QED) is 0.931. The summed E-state index contributed by atoms with van der Waals surface area (Å²) in [4.78, 5) is 26.1. The van der Waals surface area contributed by atoms with Gasteiger partial charge in [-0.3, -0.25) is 9.59 Å². The summed E-state index contributed by atoms with van der Waals surface area (Å²) in [7, 11) is 0. The highest BCUT2D eigenvalue weighted by Crippen LogP contribution is 2.21. The summed E-state index contributed by atoms with van der Waals surface area (Å²) in [5, 5.41) is 9.44. The van der Waals surface area contributed by atoms with E-state index in [-0.39, 0.29) is 23.7 Å². The third kappa shape index (κ3) is 2.69. The number of benzene rings is 1. The number of carbonyl (C=O) groups is 1. The molecule has 110 valence electrons. The molecule has 0 bridgehead atoms. The summed E-state index contributed by atoms with van der Waals surface area (Å²) >= 11 is 0. The van der Waals surface area contributed by atoms with E-state index >= 15 is 0 Å². The molecule has 1 aliphatic rings. The van der Waals surface area contributed by atoms with Crippen molar-refractivity contribution >= 4 is 16.9 Å². The second kappa shape index (κ2) is 5.69. The molecule has 1 amide bonds. The van der Waals surface area contributed by atoms with Gasteiger partial charge < -0.3 is 14.4 Å². The maximum absolute atomic E-state index is 12.4. The van der Waals surface area contributed by atoms with Crippen LogP contribution in [0.2, 0.25) is 0 Å². The summed E-state index contributed by atoms with van der Waals surface area (Å²) in [6.45, 7) is 1.38. The highest BCUT2D eigenvalue weighted by molar-refractivity contribution is 5.93. The second-order valence-electron chi connectivity index (χ2n) is 5.39. The number of carbonyl (C=O) groups excluding carboxylic acids is 1. The molecule has 1 aliphatic heterocycles. The summed E-state index contributed by atoms with van der Waals surface area (Å²) in [6.07, 6.45) is 1.58. The van der Waals surface area contributed by atoms with E-state index in [0.29, 0.717) is 36.4 Å². The van der Waals surface area contributed by atoms with Gasteiger partial charge in [-0.1, -0.05) is 12.1 Å². The van der Waals surface area contributed by atoms with Gasteiger partial charge in [-0.25, -0.2) is 0 Å². The molecule has 5 heteroatoms. The molecule has 0 radical (unpaired) electrons. The highest BCUT2D eigenvalue weighted by atomic mass is 16.3. The molecule has 1 atom stereocenters. The van der Waals surface area contributed by atoms with Crippen LogP contribution in [0.5, 0.6) is 0 Å². The SMILES string of the molecule is O=C(c1cc(=O)c2ccccc2o1)N1CCC(CCO)C1. The predicted molar refractivity (Wildman–Crippen MR) is 78.2 cm³/mol. The number of para-hydroxylation sites is 1. The van der Waals surface area contributed by atoms with E-state index in [9.17, 15) is 9.59 Å². The fourth-order valence-corrected chi connectivity index (χ4v) is 2.80. The number of amides is 1. The van der Waals surface area contributed by atoms with Crippen molar-refractivity contribution in [1.29, 1.82) is 0 Å². The van der Waals surface area contributed by atoms with Crippen LogP contribution in [-0.2, 0) is 0 Å². The van der Waals surface area contributed by atoms with Crippen molar-refractivity contribution in [2.75, 3.05) is 19.7 Å². The minimum Gasteiger partial charge on any atom is -0.451 e. The first-order valence-electron chi connectivity index (χ1n) is 7.12. The van der Waals surface area contributed by atoms with Crippen molar-refractivity contribution in [3.8, 4) is 0 Å². The van der Waals surface area contributed by atoms with Crippen LogP contribution >= 0.6 is 0 Å². The Kier molecular flexibility index (Phi) is 3.75. The molecule has 21 heavy (non-hydrogen) atoms. The van der Waals surface area contributed by atoms with Gasteiger partial charge in [0, 0.05) is 25.8 Å². The molecule has 0 aliphatic carbocycles. The van der Waals surface area contributed by atoms with E-state index < -0.39 is 0 Å². The molecule has 1 N–H and O–H groups in total. The zero-order chi connectivity index (χ0) is 14.8. The van der Waals surface area contributed by atoms with Gasteiger partial charge in [0.1, 0.15) is 5.58 Å². The molecule has 0 saturated carbocycles. The minimum atomic E-state index is -0.252. The van der Waals surface area contributed by atoms with Gasteiger partial charge in [-0.2, -0.15) is 0 Å². The average Bonchev–Trinajstić information content (AvgIpc) is 2.95. The van der Waals surface area contributed by atoms with E-state index in [1.54, 1.807) is 29.2 Å². The van der Waals surface area contributed by atoms with Gasteiger partial charge in [0.25, 0.3) is 5.91 Å². The third-order valence-corrected chi connectivity index (χ3v) is 3.96. The van der Waals surface area contributed by atoms with Gasteiger partial charge in [-0.15, -0.1) is 0 Å². The average molecular weight is 287 g/mol. The number of likely N-dealkylation sites (tertiary alicyclic amines) is 1. The number of aliphatic hydroxyl groups is 1. The van der Waals surface area contributed by atoms with Crippen LogP contribution in [0, 0.1) is 5.92 Å². The normalized spacial score (nSPS) is 18.3. The van der Waals surface area contributed by atoms with E-state index in [2.05, 4.69) is 0 Å². The third-order valence-electron chi connectivity index (χ3n) is 3.96. The summed E-state index contributed by atoms with van der Waals surface area (Å²) in [6, 6.07) is 8.17. The zero-order valence-electron chi connectivity index (χ0n) is 11.6. The van der Waals surface area contributed by atoms with Crippen molar-refractivity contribution in [2.45, 2.75) is 12.8 Å². The topological polar surface area (TPSA) is 70.8 Å². The van der Waals surface area contributed by atoms with Crippen LogP contribution in [0.25, 0.3) is 11.0 Å².